The SMILES string of the molecule is COCc1c(C(=O)O)nnn1CCSc1ccccc1. The summed E-state index contributed by atoms with van der Waals surface area (Å²) in [4.78, 5) is 12.2. The van der Waals surface area contributed by atoms with Gasteiger partial charge in [0.1, 0.15) is 0 Å². The van der Waals surface area contributed by atoms with Gasteiger partial charge in [0.2, 0.25) is 0 Å². The highest BCUT2D eigenvalue weighted by Crippen LogP contribution is 2.17. The van der Waals surface area contributed by atoms with Gasteiger partial charge in [0, 0.05) is 17.8 Å². The fourth-order valence-electron chi connectivity index (χ4n) is 1.72. The molecular weight excluding hydrogens is 278 g/mol. The van der Waals surface area contributed by atoms with E-state index in [4.69, 9.17) is 9.84 Å². The van der Waals surface area contributed by atoms with Crippen LogP contribution in [0.2, 0.25) is 0 Å². The first-order valence-corrected chi connectivity index (χ1v) is 7.03. The molecule has 0 atom stereocenters. The lowest BCUT2D eigenvalue weighted by molar-refractivity contribution is 0.0684. The Morgan fingerprint density at radius 1 is 1.40 bits per heavy atom. The summed E-state index contributed by atoms with van der Waals surface area (Å²) in [5.41, 5.74) is 0.449. The van der Waals surface area contributed by atoms with Crippen LogP contribution in [-0.2, 0) is 17.9 Å². The van der Waals surface area contributed by atoms with Crippen molar-refractivity contribution in [2.75, 3.05) is 12.9 Å². The molecule has 0 aliphatic carbocycles. The van der Waals surface area contributed by atoms with Gasteiger partial charge in [-0.1, -0.05) is 23.4 Å². The third-order valence-electron chi connectivity index (χ3n) is 2.64. The zero-order valence-electron chi connectivity index (χ0n) is 11.0. The molecular formula is C13H15N3O3S. The molecule has 0 aliphatic rings. The topological polar surface area (TPSA) is 77.2 Å². The van der Waals surface area contributed by atoms with Gasteiger partial charge >= 0.3 is 5.97 Å². The van der Waals surface area contributed by atoms with Gasteiger partial charge in [-0.25, -0.2) is 9.48 Å². The van der Waals surface area contributed by atoms with Gasteiger partial charge in [-0.2, -0.15) is 0 Å². The molecule has 0 aliphatic heterocycles. The molecule has 1 heterocycles. The molecule has 20 heavy (non-hydrogen) atoms. The number of thioether (sulfide) groups is 1. The smallest absolute Gasteiger partial charge is 0.358 e. The second-order valence-corrected chi connectivity index (χ2v) is 5.18. The quantitative estimate of drug-likeness (QED) is 0.786. The number of aromatic nitrogens is 3. The van der Waals surface area contributed by atoms with E-state index in [1.54, 1.807) is 16.4 Å². The summed E-state index contributed by atoms with van der Waals surface area (Å²) in [6.07, 6.45) is 0. The number of ether oxygens (including phenoxy) is 1. The number of hydrogen-bond donors (Lipinski definition) is 1. The zero-order chi connectivity index (χ0) is 14.4. The minimum atomic E-state index is -1.08. The average Bonchev–Trinajstić information content (AvgIpc) is 2.84. The highest BCUT2D eigenvalue weighted by molar-refractivity contribution is 7.99. The first-order valence-electron chi connectivity index (χ1n) is 6.05. The largest absolute Gasteiger partial charge is 0.476 e. The molecule has 1 N–H and O–H groups in total. The number of aromatic carboxylic acids is 1. The van der Waals surface area contributed by atoms with E-state index in [9.17, 15) is 4.79 Å². The number of carbonyl (C=O) groups is 1. The second kappa shape index (κ2) is 7.06. The summed E-state index contributed by atoms with van der Waals surface area (Å²) in [7, 11) is 1.52. The molecule has 1 aromatic carbocycles. The molecule has 0 saturated heterocycles. The van der Waals surface area contributed by atoms with Crippen molar-refractivity contribution in [2.45, 2.75) is 18.0 Å². The second-order valence-electron chi connectivity index (χ2n) is 4.01. The Bertz CT molecular complexity index is 571. The molecule has 0 fully saturated rings. The Hall–Kier alpha value is -1.86. The van der Waals surface area contributed by atoms with Gasteiger partial charge in [-0.15, -0.1) is 16.9 Å². The number of hydrogen-bond acceptors (Lipinski definition) is 5. The highest BCUT2D eigenvalue weighted by Gasteiger charge is 2.18. The molecule has 2 rings (SSSR count). The highest BCUT2D eigenvalue weighted by atomic mass is 32.2. The lowest BCUT2D eigenvalue weighted by Gasteiger charge is -2.06. The van der Waals surface area contributed by atoms with E-state index in [0.29, 0.717) is 12.2 Å². The average molecular weight is 293 g/mol. The van der Waals surface area contributed by atoms with Crippen LogP contribution >= 0.6 is 11.8 Å². The van der Waals surface area contributed by atoms with Crippen molar-refractivity contribution >= 4 is 17.7 Å². The molecule has 0 amide bonds. The van der Waals surface area contributed by atoms with Crippen molar-refractivity contribution in [1.29, 1.82) is 0 Å². The van der Waals surface area contributed by atoms with E-state index >= 15 is 0 Å². The van der Waals surface area contributed by atoms with Crippen molar-refractivity contribution in [2.24, 2.45) is 0 Å². The van der Waals surface area contributed by atoms with Crippen molar-refractivity contribution in [3.05, 3.63) is 41.7 Å². The molecule has 1 aromatic heterocycles. The van der Waals surface area contributed by atoms with Crippen LogP contribution in [0.15, 0.2) is 35.2 Å². The molecule has 106 valence electrons. The summed E-state index contributed by atoms with van der Waals surface area (Å²) in [6, 6.07) is 10.0. The van der Waals surface area contributed by atoms with E-state index in [1.165, 1.54) is 12.0 Å². The van der Waals surface area contributed by atoms with Crippen molar-refractivity contribution < 1.29 is 14.6 Å². The molecule has 0 bridgehead atoms. The number of carboxylic acid groups (broad SMARTS) is 1. The Kier molecular flexibility index (Phi) is 5.14. The van der Waals surface area contributed by atoms with E-state index in [0.717, 1.165) is 5.75 Å². The Morgan fingerprint density at radius 2 is 2.15 bits per heavy atom. The maximum absolute atomic E-state index is 11.0. The first-order chi connectivity index (χ1) is 9.72. The monoisotopic (exact) mass is 293 g/mol. The number of benzene rings is 1. The fraction of sp³-hybridized carbons (Fsp3) is 0.308. The van der Waals surface area contributed by atoms with Crippen molar-refractivity contribution in [1.82, 2.24) is 15.0 Å². The zero-order valence-corrected chi connectivity index (χ0v) is 11.8. The third-order valence-corrected chi connectivity index (χ3v) is 3.63. The number of rotatable bonds is 7. The Labute approximate surface area is 120 Å². The maximum Gasteiger partial charge on any atom is 0.358 e. The van der Waals surface area contributed by atoms with E-state index in [2.05, 4.69) is 10.3 Å². The van der Waals surface area contributed by atoms with Crippen LogP contribution in [0, 0.1) is 0 Å². The lowest BCUT2D eigenvalue weighted by Crippen LogP contribution is -2.10. The number of nitrogens with zero attached hydrogens (tertiary/aromatic N) is 3. The molecule has 6 nitrogen and oxygen atoms in total. The van der Waals surface area contributed by atoms with Crippen LogP contribution in [0.1, 0.15) is 16.2 Å². The van der Waals surface area contributed by atoms with Gasteiger partial charge in [0.25, 0.3) is 0 Å². The molecule has 0 spiro atoms. The summed E-state index contributed by atoms with van der Waals surface area (Å²) in [5, 5.41) is 16.6. The molecule has 2 aromatic rings. The number of methoxy groups -OCH3 is 1. The van der Waals surface area contributed by atoms with Crippen LogP contribution < -0.4 is 0 Å². The van der Waals surface area contributed by atoms with Crippen molar-refractivity contribution in [3.63, 3.8) is 0 Å². The minimum absolute atomic E-state index is 0.0449. The van der Waals surface area contributed by atoms with E-state index < -0.39 is 5.97 Å². The lowest BCUT2D eigenvalue weighted by atomic mass is 10.3. The molecule has 7 heteroatoms. The van der Waals surface area contributed by atoms with Gasteiger partial charge in [-0.3, -0.25) is 0 Å². The van der Waals surface area contributed by atoms with Crippen LogP contribution in [-0.4, -0.2) is 38.9 Å². The Balaban J connectivity index is 2.00. The summed E-state index contributed by atoms with van der Waals surface area (Å²) >= 11 is 1.68. The predicted octanol–water partition coefficient (Wildman–Crippen LogP) is 1.91. The number of aryl methyl sites for hydroxylation is 1. The van der Waals surface area contributed by atoms with Crippen LogP contribution in [0.3, 0.4) is 0 Å². The molecule has 0 unspecified atom stereocenters. The van der Waals surface area contributed by atoms with Crippen LogP contribution in [0.25, 0.3) is 0 Å². The van der Waals surface area contributed by atoms with Gasteiger partial charge < -0.3 is 9.84 Å². The Morgan fingerprint density at radius 3 is 2.80 bits per heavy atom. The number of carboxylic acids is 1. The predicted molar refractivity (Wildman–Crippen MR) is 74.9 cm³/mol. The van der Waals surface area contributed by atoms with Crippen LogP contribution in [0.5, 0.6) is 0 Å². The van der Waals surface area contributed by atoms with E-state index in [-0.39, 0.29) is 12.3 Å². The minimum Gasteiger partial charge on any atom is -0.476 e. The van der Waals surface area contributed by atoms with Crippen molar-refractivity contribution in [3.8, 4) is 0 Å². The molecule has 0 radical (unpaired) electrons. The standard InChI is InChI=1S/C13H15N3O3S/c1-19-9-11-12(13(17)18)14-15-16(11)7-8-20-10-5-3-2-4-6-10/h2-6H,7-9H2,1H3,(H,17,18). The summed E-state index contributed by atoms with van der Waals surface area (Å²) in [6.45, 7) is 0.767. The maximum atomic E-state index is 11.0. The fourth-order valence-corrected chi connectivity index (χ4v) is 2.57. The van der Waals surface area contributed by atoms with Gasteiger partial charge in [0.15, 0.2) is 5.69 Å². The normalized spacial score (nSPS) is 10.7. The van der Waals surface area contributed by atoms with Crippen LogP contribution in [0.4, 0.5) is 0 Å². The summed E-state index contributed by atoms with van der Waals surface area (Å²) in [5.74, 6) is -0.303. The first kappa shape index (κ1) is 14.5. The molecule has 0 saturated carbocycles. The van der Waals surface area contributed by atoms with E-state index in [1.807, 2.05) is 30.3 Å². The van der Waals surface area contributed by atoms with Gasteiger partial charge in [0.05, 0.1) is 18.8 Å². The summed E-state index contributed by atoms with van der Waals surface area (Å²) < 4.78 is 6.60. The van der Waals surface area contributed by atoms with Gasteiger partial charge in [-0.05, 0) is 12.1 Å². The third kappa shape index (κ3) is 3.58.